The van der Waals surface area contributed by atoms with Crippen LogP contribution in [0.15, 0.2) is 64.4 Å². The fourth-order valence-corrected chi connectivity index (χ4v) is 5.00. The van der Waals surface area contributed by atoms with Crippen LogP contribution in [0.2, 0.25) is 0 Å². The Bertz CT molecular complexity index is 1600. The molecule has 0 aliphatic heterocycles. The zero-order chi connectivity index (χ0) is 25.0. The van der Waals surface area contributed by atoms with Crippen molar-refractivity contribution in [2.24, 2.45) is 0 Å². The molecule has 0 heterocycles. The Kier molecular flexibility index (Phi) is 5.54. The molecule has 1 aliphatic carbocycles. The Balaban J connectivity index is 2.09. The van der Waals surface area contributed by atoms with Crippen molar-refractivity contribution < 1.29 is 35.5 Å². The Labute approximate surface area is 194 Å². The van der Waals surface area contributed by atoms with Crippen molar-refractivity contribution in [1.29, 1.82) is 0 Å². The van der Waals surface area contributed by atoms with Crippen molar-refractivity contribution in [2.45, 2.75) is 9.79 Å². The lowest BCUT2D eigenvalue weighted by molar-refractivity contribution is 0.0980. The van der Waals surface area contributed by atoms with Crippen LogP contribution in [0.25, 0.3) is 0 Å². The summed E-state index contributed by atoms with van der Waals surface area (Å²) in [4.78, 5) is 25.4. The SMILES string of the molecule is CNN(c1cccc(S(=O)(=O)O)c1)c1cc(S(=O)(=O)O)c(N)c2c1C(=O)c1ccccc1C2=O. The van der Waals surface area contributed by atoms with Crippen LogP contribution in [0.4, 0.5) is 17.1 Å². The van der Waals surface area contributed by atoms with E-state index in [4.69, 9.17) is 5.73 Å². The first-order valence-electron chi connectivity index (χ1n) is 9.53. The highest BCUT2D eigenvalue weighted by atomic mass is 32.2. The summed E-state index contributed by atoms with van der Waals surface area (Å²) in [6.45, 7) is 0. The number of ketones is 2. The number of benzene rings is 3. The molecule has 0 aromatic heterocycles. The van der Waals surface area contributed by atoms with E-state index in [1.807, 2.05) is 0 Å². The highest BCUT2D eigenvalue weighted by molar-refractivity contribution is 7.86. The molecular formula is C21H17N3O8S2. The predicted octanol–water partition coefficient (Wildman–Crippen LogP) is 1.81. The zero-order valence-corrected chi connectivity index (χ0v) is 19.0. The van der Waals surface area contributed by atoms with E-state index in [0.29, 0.717) is 0 Å². The average Bonchev–Trinajstić information content (AvgIpc) is 2.77. The quantitative estimate of drug-likeness (QED) is 0.177. The first-order chi connectivity index (χ1) is 15.9. The Morgan fingerprint density at radius 3 is 1.94 bits per heavy atom. The van der Waals surface area contributed by atoms with Gasteiger partial charge in [-0.25, -0.2) is 5.43 Å². The summed E-state index contributed by atoms with van der Waals surface area (Å²) in [6, 6.07) is 11.7. The lowest BCUT2D eigenvalue weighted by Crippen LogP contribution is -2.34. The molecule has 0 spiro atoms. The van der Waals surface area contributed by atoms with Gasteiger partial charge in [-0.1, -0.05) is 30.3 Å². The average molecular weight is 504 g/mol. The molecular weight excluding hydrogens is 486 g/mol. The van der Waals surface area contributed by atoms with Gasteiger partial charge in [0, 0.05) is 18.2 Å². The van der Waals surface area contributed by atoms with Crippen LogP contribution < -0.4 is 16.2 Å². The number of hydrogen-bond acceptors (Lipinski definition) is 9. The third kappa shape index (κ3) is 3.74. The molecule has 0 unspecified atom stereocenters. The number of nitrogen functional groups attached to an aromatic ring is 1. The van der Waals surface area contributed by atoms with Gasteiger partial charge < -0.3 is 5.73 Å². The number of hydrazine groups is 1. The topological polar surface area (TPSA) is 184 Å². The minimum atomic E-state index is -4.94. The van der Waals surface area contributed by atoms with Crippen molar-refractivity contribution in [1.82, 2.24) is 5.43 Å². The molecule has 34 heavy (non-hydrogen) atoms. The first kappa shape index (κ1) is 23.5. The van der Waals surface area contributed by atoms with Gasteiger partial charge in [-0.05, 0) is 24.3 Å². The van der Waals surface area contributed by atoms with E-state index >= 15 is 0 Å². The Morgan fingerprint density at radius 1 is 0.824 bits per heavy atom. The van der Waals surface area contributed by atoms with Gasteiger partial charge >= 0.3 is 0 Å². The number of nitrogens with one attached hydrogen (secondary N) is 1. The van der Waals surface area contributed by atoms with Crippen LogP contribution in [-0.2, 0) is 20.2 Å². The maximum absolute atomic E-state index is 13.5. The molecule has 176 valence electrons. The number of nitrogens with zero attached hydrogens (tertiary/aromatic N) is 1. The van der Waals surface area contributed by atoms with Gasteiger partial charge in [0.1, 0.15) is 4.90 Å². The highest BCUT2D eigenvalue weighted by Gasteiger charge is 2.37. The van der Waals surface area contributed by atoms with E-state index in [-0.39, 0.29) is 28.1 Å². The molecule has 0 atom stereocenters. The Hall–Kier alpha value is -3.62. The second kappa shape index (κ2) is 8.00. The maximum atomic E-state index is 13.5. The van der Waals surface area contributed by atoms with E-state index in [1.54, 1.807) is 6.07 Å². The normalized spacial score (nSPS) is 13.4. The summed E-state index contributed by atoms with van der Waals surface area (Å²) >= 11 is 0. The molecule has 0 bridgehead atoms. The Morgan fingerprint density at radius 2 is 1.41 bits per heavy atom. The number of anilines is 3. The van der Waals surface area contributed by atoms with Gasteiger partial charge in [0.25, 0.3) is 20.2 Å². The third-order valence-corrected chi connectivity index (χ3v) is 7.04. The minimum Gasteiger partial charge on any atom is -0.397 e. The van der Waals surface area contributed by atoms with Gasteiger partial charge in [0.05, 0.1) is 33.1 Å². The van der Waals surface area contributed by atoms with E-state index in [9.17, 15) is 35.5 Å². The molecule has 0 saturated carbocycles. The molecule has 3 aromatic rings. The van der Waals surface area contributed by atoms with Gasteiger partial charge in [-0.15, -0.1) is 0 Å². The molecule has 5 N–H and O–H groups in total. The largest absolute Gasteiger partial charge is 0.397 e. The fraction of sp³-hybridized carbons (Fsp3) is 0.0476. The van der Waals surface area contributed by atoms with Crippen molar-refractivity contribution in [3.8, 4) is 0 Å². The van der Waals surface area contributed by atoms with Crippen LogP contribution in [0.1, 0.15) is 31.8 Å². The molecule has 0 saturated heterocycles. The number of carbonyl (C=O) groups is 2. The van der Waals surface area contributed by atoms with Crippen LogP contribution in [-0.4, -0.2) is 44.6 Å². The fourth-order valence-electron chi connectivity index (χ4n) is 3.84. The van der Waals surface area contributed by atoms with Crippen LogP contribution in [0, 0.1) is 0 Å². The van der Waals surface area contributed by atoms with Crippen molar-refractivity contribution in [3.05, 3.63) is 76.9 Å². The second-order valence-electron chi connectivity index (χ2n) is 7.27. The van der Waals surface area contributed by atoms with E-state index in [2.05, 4.69) is 5.43 Å². The smallest absolute Gasteiger partial charge is 0.296 e. The number of carbonyl (C=O) groups excluding carboxylic acids is 2. The summed E-state index contributed by atoms with van der Waals surface area (Å²) < 4.78 is 66.6. The zero-order valence-electron chi connectivity index (χ0n) is 17.4. The molecule has 13 heteroatoms. The summed E-state index contributed by atoms with van der Waals surface area (Å²) in [5.74, 6) is -1.36. The summed E-state index contributed by atoms with van der Waals surface area (Å²) in [6.07, 6.45) is 0. The summed E-state index contributed by atoms with van der Waals surface area (Å²) in [5, 5.41) is 1.13. The summed E-state index contributed by atoms with van der Waals surface area (Å²) in [5.41, 5.74) is 7.33. The van der Waals surface area contributed by atoms with Crippen LogP contribution in [0.5, 0.6) is 0 Å². The molecule has 0 amide bonds. The number of hydrogen-bond donors (Lipinski definition) is 4. The van der Waals surface area contributed by atoms with Gasteiger partial charge in [0.2, 0.25) is 0 Å². The summed E-state index contributed by atoms with van der Waals surface area (Å²) in [7, 11) is -8.15. The molecule has 1 aliphatic rings. The van der Waals surface area contributed by atoms with Crippen LogP contribution >= 0.6 is 0 Å². The van der Waals surface area contributed by atoms with E-state index < -0.39 is 52.8 Å². The lowest BCUT2D eigenvalue weighted by Gasteiger charge is -2.30. The molecule has 4 rings (SSSR count). The maximum Gasteiger partial charge on any atom is 0.296 e. The number of rotatable bonds is 5. The second-order valence-corrected chi connectivity index (χ2v) is 10.1. The van der Waals surface area contributed by atoms with Crippen molar-refractivity contribution in [3.63, 3.8) is 0 Å². The highest BCUT2D eigenvalue weighted by Crippen LogP contribution is 2.42. The molecule has 0 fully saturated rings. The third-order valence-electron chi connectivity index (χ3n) is 5.30. The number of nitrogens with two attached hydrogens (primary N) is 1. The lowest BCUT2D eigenvalue weighted by atomic mass is 9.82. The first-order valence-corrected chi connectivity index (χ1v) is 12.4. The van der Waals surface area contributed by atoms with Gasteiger partial charge in [0.15, 0.2) is 11.6 Å². The predicted molar refractivity (Wildman–Crippen MR) is 121 cm³/mol. The standard InChI is InChI=1S/C21H17N3O8S2/c1-23-24(11-5-4-6-12(9-11)33(27,28)29)15-10-16(34(30,31)32)19(22)18-17(15)20(25)13-7-2-3-8-14(13)21(18)26/h2-10,23H,22H2,1H3,(H,27,28,29)(H,30,31,32). The molecule has 0 radical (unpaired) electrons. The molecule has 3 aromatic carbocycles. The van der Waals surface area contributed by atoms with E-state index in [0.717, 1.165) is 23.2 Å². The van der Waals surface area contributed by atoms with Gasteiger partial charge in [-0.2, -0.15) is 16.8 Å². The van der Waals surface area contributed by atoms with Crippen molar-refractivity contribution >= 4 is 48.9 Å². The monoisotopic (exact) mass is 503 g/mol. The number of fused-ring (bicyclic) bond motifs is 2. The minimum absolute atomic E-state index is 0.00881. The van der Waals surface area contributed by atoms with Crippen LogP contribution in [0.3, 0.4) is 0 Å². The molecule has 11 nitrogen and oxygen atoms in total. The van der Waals surface area contributed by atoms with Crippen molar-refractivity contribution in [2.75, 3.05) is 17.8 Å². The van der Waals surface area contributed by atoms with E-state index in [1.165, 1.54) is 37.4 Å². The van der Waals surface area contributed by atoms with Gasteiger partial charge in [-0.3, -0.25) is 23.7 Å².